The number of pyridine rings is 1. The average molecular weight is 360 g/mol. The Bertz CT molecular complexity index is 1010. The Morgan fingerprint density at radius 1 is 1.15 bits per heavy atom. The second-order valence-electron chi connectivity index (χ2n) is 5.71. The van der Waals surface area contributed by atoms with Gasteiger partial charge in [0.15, 0.2) is 5.76 Å². The lowest BCUT2D eigenvalue weighted by Crippen LogP contribution is -2.14. The van der Waals surface area contributed by atoms with E-state index < -0.39 is 0 Å². The number of imidazole rings is 1. The topological polar surface area (TPSA) is 82.2 Å². The number of rotatable bonds is 6. The first kappa shape index (κ1) is 16.6. The number of nitrogens with one attached hydrogen (secondary N) is 1. The predicted octanol–water partition coefficient (Wildman–Crippen LogP) is 3.69. The molecule has 27 heavy (non-hydrogen) atoms. The fourth-order valence-corrected chi connectivity index (χ4v) is 2.52. The number of carbonyl (C=O) groups is 1. The van der Waals surface area contributed by atoms with E-state index in [1.807, 2.05) is 30.3 Å². The van der Waals surface area contributed by atoms with Gasteiger partial charge in [-0.05, 0) is 30.3 Å². The van der Waals surface area contributed by atoms with Gasteiger partial charge in [-0.3, -0.25) is 9.36 Å². The first-order valence-corrected chi connectivity index (χ1v) is 8.29. The van der Waals surface area contributed by atoms with Crippen LogP contribution in [0.4, 0.5) is 5.69 Å². The first-order valence-electron chi connectivity index (χ1n) is 8.29. The molecule has 3 aromatic heterocycles. The summed E-state index contributed by atoms with van der Waals surface area (Å²) in [5.74, 6) is 1.29. The highest BCUT2D eigenvalue weighted by atomic mass is 16.5. The van der Waals surface area contributed by atoms with Gasteiger partial charge in [-0.25, -0.2) is 9.97 Å². The van der Waals surface area contributed by atoms with E-state index in [-0.39, 0.29) is 18.3 Å². The summed E-state index contributed by atoms with van der Waals surface area (Å²) in [6, 6.07) is 14.7. The fourth-order valence-electron chi connectivity index (χ4n) is 2.52. The SMILES string of the molecule is O=C(Nc1ccc(-n2ccnc2)nc1)c1occc1COc1ccccc1. The molecule has 134 valence electrons. The highest BCUT2D eigenvalue weighted by Crippen LogP contribution is 2.18. The molecule has 7 heteroatoms. The van der Waals surface area contributed by atoms with Crippen molar-refractivity contribution in [3.05, 3.63) is 91.0 Å². The fraction of sp³-hybridized carbons (Fsp3) is 0.0500. The number of aromatic nitrogens is 3. The van der Waals surface area contributed by atoms with Crippen LogP contribution in [0.3, 0.4) is 0 Å². The van der Waals surface area contributed by atoms with Crippen LogP contribution in [0, 0.1) is 0 Å². The van der Waals surface area contributed by atoms with E-state index in [1.54, 1.807) is 47.7 Å². The second kappa shape index (κ2) is 7.57. The molecular formula is C20H16N4O3. The van der Waals surface area contributed by atoms with Crippen LogP contribution in [0.1, 0.15) is 16.1 Å². The number of furan rings is 1. The highest BCUT2D eigenvalue weighted by molar-refractivity contribution is 6.03. The largest absolute Gasteiger partial charge is 0.489 e. The molecule has 0 bridgehead atoms. The number of hydrogen-bond acceptors (Lipinski definition) is 5. The maximum Gasteiger partial charge on any atom is 0.291 e. The first-order chi connectivity index (χ1) is 13.3. The van der Waals surface area contributed by atoms with Crippen molar-refractivity contribution in [2.75, 3.05) is 5.32 Å². The molecule has 7 nitrogen and oxygen atoms in total. The van der Waals surface area contributed by atoms with Gasteiger partial charge >= 0.3 is 0 Å². The van der Waals surface area contributed by atoms with E-state index >= 15 is 0 Å². The third kappa shape index (κ3) is 3.87. The van der Waals surface area contributed by atoms with Crippen molar-refractivity contribution < 1.29 is 13.9 Å². The minimum atomic E-state index is -0.358. The van der Waals surface area contributed by atoms with Crippen molar-refractivity contribution in [3.63, 3.8) is 0 Å². The van der Waals surface area contributed by atoms with Gasteiger partial charge < -0.3 is 14.5 Å². The molecule has 0 fully saturated rings. The van der Waals surface area contributed by atoms with Gasteiger partial charge in [0, 0.05) is 18.0 Å². The Morgan fingerprint density at radius 2 is 2.04 bits per heavy atom. The van der Waals surface area contributed by atoms with Gasteiger partial charge in [-0.1, -0.05) is 18.2 Å². The van der Waals surface area contributed by atoms with Crippen LogP contribution < -0.4 is 10.1 Å². The van der Waals surface area contributed by atoms with E-state index in [2.05, 4.69) is 15.3 Å². The van der Waals surface area contributed by atoms with Gasteiger partial charge in [0.1, 0.15) is 24.5 Å². The van der Waals surface area contributed by atoms with Crippen LogP contribution in [-0.4, -0.2) is 20.4 Å². The van der Waals surface area contributed by atoms with Gasteiger partial charge in [0.2, 0.25) is 0 Å². The Labute approximate surface area is 155 Å². The summed E-state index contributed by atoms with van der Waals surface area (Å²) in [4.78, 5) is 20.8. The minimum absolute atomic E-state index is 0.213. The van der Waals surface area contributed by atoms with Crippen LogP contribution in [0.15, 0.2) is 84.1 Å². The van der Waals surface area contributed by atoms with Crippen LogP contribution in [0.25, 0.3) is 5.82 Å². The van der Waals surface area contributed by atoms with Crippen molar-refractivity contribution in [1.29, 1.82) is 0 Å². The molecule has 0 atom stereocenters. The zero-order chi connectivity index (χ0) is 18.5. The van der Waals surface area contributed by atoms with Crippen molar-refractivity contribution in [1.82, 2.24) is 14.5 Å². The molecule has 0 aliphatic carbocycles. The summed E-state index contributed by atoms with van der Waals surface area (Å²) in [7, 11) is 0. The quantitative estimate of drug-likeness (QED) is 0.567. The number of nitrogens with zero attached hydrogens (tertiary/aromatic N) is 3. The third-order valence-corrected chi connectivity index (χ3v) is 3.87. The summed E-state index contributed by atoms with van der Waals surface area (Å²) < 4.78 is 12.8. The van der Waals surface area contributed by atoms with E-state index in [4.69, 9.17) is 9.15 Å². The summed E-state index contributed by atoms with van der Waals surface area (Å²) in [5.41, 5.74) is 1.23. The van der Waals surface area contributed by atoms with E-state index in [9.17, 15) is 4.79 Å². The van der Waals surface area contributed by atoms with E-state index in [1.165, 1.54) is 6.26 Å². The molecule has 0 saturated carbocycles. The van der Waals surface area contributed by atoms with Gasteiger partial charge in [-0.15, -0.1) is 0 Å². The highest BCUT2D eigenvalue weighted by Gasteiger charge is 2.16. The molecule has 1 N–H and O–H groups in total. The average Bonchev–Trinajstić information content (AvgIpc) is 3.40. The van der Waals surface area contributed by atoms with Crippen LogP contribution in [0.5, 0.6) is 5.75 Å². The minimum Gasteiger partial charge on any atom is -0.489 e. The molecule has 0 spiro atoms. The van der Waals surface area contributed by atoms with Crippen molar-refractivity contribution in [3.8, 4) is 11.6 Å². The summed E-state index contributed by atoms with van der Waals surface area (Å²) >= 11 is 0. The lowest BCUT2D eigenvalue weighted by atomic mass is 10.2. The van der Waals surface area contributed by atoms with Crippen molar-refractivity contribution in [2.45, 2.75) is 6.61 Å². The number of ether oxygens (including phenoxy) is 1. The number of amides is 1. The molecule has 0 aliphatic rings. The standard InChI is InChI=1S/C20H16N4O3/c25-20(23-16-6-7-18(22-12-16)24-10-9-21-14-24)19-15(8-11-26-19)13-27-17-4-2-1-3-5-17/h1-12,14H,13H2,(H,23,25). The molecule has 4 rings (SSSR count). The zero-order valence-corrected chi connectivity index (χ0v) is 14.3. The molecule has 0 saturated heterocycles. The van der Waals surface area contributed by atoms with Gasteiger partial charge in [-0.2, -0.15) is 0 Å². The smallest absolute Gasteiger partial charge is 0.291 e. The zero-order valence-electron chi connectivity index (χ0n) is 14.3. The van der Waals surface area contributed by atoms with Crippen molar-refractivity contribution >= 4 is 11.6 Å². The van der Waals surface area contributed by atoms with E-state index in [0.29, 0.717) is 17.1 Å². The summed E-state index contributed by atoms with van der Waals surface area (Å²) in [5, 5.41) is 2.78. The number of benzene rings is 1. The lowest BCUT2D eigenvalue weighted by molar-refractivity contribution is 0.0993. The molecule has 0 radical (unpaired) electrons. The molecule has 4 aromatic rings. The monoisotopic (exact) mass is 360 g/mol. The molecular weight excluding hydrogens is 344 g/mol. The van der Waals surface area contributed by atoms with Crippen molar-refractivity contribution in [2.24, 2.45) is 0 Å². The number of hydrogen-bond donors (Lipinski definition) is 1. The van der Waals surface area contributed by atoms with Crippen LogP contribution in [-0.2, 0) is 6.61 Å². The molecule has 1 amide bonds. The summed E-state index contributed by atoms with van der Waals surface area (Å²) in [6.45, 7) is 0.237. The number of para-hydroxylation sites is 1. The van der Waals surface area contributed by atoms with Gasteiger partial charge in [0.25, 0.3) is 5.91 Å². The number of carbonyl (C=O) groups excluding carboxylic acids is 1. The lowest BCUT2D eigenvalue weighted by Gasteiger charge is -2.08. The molecule has 3 heterocycles. The van der Waals surface area contributed by atoms with Gasteiger partial charge in [0.05, 0.1) is 18.1 Å². The predicted molar refractivity (Wildman–Crippen MR) is 98.8 cm³/mol. The maximum atomic E-state index is 12.5. The molecule has 0 aliphatic heterocycles. The third-order valence-electron chi connectivity index (χ3n) is 3.87. The van der Waals surface area contributed by atoms with E-state index in [0.717, 1.165) is 5.75 Å². The Morgan fingerprint density at radius 3 is 2.78 bits per heavy atom. The molecule has 0 unspecified atom stereocenters. The van der Waals surface area contributed by atoms with Crippen LogP contribution in [0.2, 0.25) is 0 Å². The second-order valence-corrected chi connectivity index (χ2v) is 5.71. The Balaban J connectivity index is 1.42. The van der Waals surface area contributed by atoms with Crippen LogP contribution >= 0.6 is 0 Å². The Kier molecular flexibility index (Phi) is 4.65. The molecule has 1 aromatic carbocycles. The maximum absolute atomic E-state index is 12.5. The summed E-state index contributed by atoms with van der Waals surface area (Å²) in [6.07, 6.45) is 8.17. The Hall–Kier alpha value is -3.87. The normalized spacial score (nSPS) is 10.5. The number of anilines is 1.